The normalized spacial score (nSPS) is 16.2. The highest BCUT2D eigenvalue weighted by Gasteiger charge is 2.34. The molecule has 1 unspecified atom stereocenters. The molecule has 0 radical (unpaired) electrons. The minimum atomic E-state index is -0.250. The molecular weight excluding hydrogens is 400 g/mol. The van der Waals surface area contributed by atoms with Crippen molar-refractivity contribution in [3.8, 4) is 11.4 Å². The molecule has 1 fully saturated rings. The second-order valence-corrected chi connectivity index (χ2v) is 7.71. The summed E-state index contributed by atoms with van der Waals surface area (Å²) in [6.07, 6.45) is 1.66. The number of aromatic nitrogens is 2. The van der Waals surface area contributed by atoms with Gasteiger partial charge in [-0.15, -0.1) is 0 Å². The Morgan fingerprint density at radius 1 is 1.10 bits per heavy atom. The van der Waals surface area contributed by atoms with Gasteiger partial charge in [-0.2, -0.15) is 4.98 Å². The quantitative estimate of drug-likeness (QED) is 0.448. The molecule has 1 aliphatic heterocycles. The van der Waals surface area contributed by atoms with Crippen molar-refractivity contribution in [2.24, 2.45) is 0 Å². The fraction of sp³-hybridized carbons (Fsp3) is 0.174. The third-order valence-corrected chi connectivity index (χ3v) is 5.59. The molecule has 1 aliphatic rings. The van der Waals surface area contributed by atoms with Crippen LogP contribution in [-0.2, 0) is 0 Å². The molecule has 7 heteroatoms. The number of fused-ring (bicyclic) bond motifs is 1. The third kappa shape index (κ3) is 3.50. The SMILES string of the molecule is O=C(Nc1cccc2ccccc12)N1CCCC1c1nc(-c2cccc(Cl)c2)no1. The van der Waals surface area contributed by atoms with Gasteiger partial charge in [0, 0.05) is 22.5 Å². The average Bonchev–Trinajstić information content (AvgIpc) is 3.44. The number of anilines is 1. The number of carbonyl (C=O) groups is 1. The van der Waals surface area contributed by atoms with Crippen molar-refractivity contribution in [3.63, 3.8) is 0 Å². The molecule has 150 valence electrons. The van der Waals surface area contributed by atoms with Crippen LogP contribution in [-0.4, -0.2) is 27.6 Å². The summed E-state index contributed by atoms with van der Waals surface area (Å²) < 4.78 is 5.52. The summed E-state index contributed by atoms with van der Waals surface area (Å²) in [6, 6.07) is 20.7. The van der Waals surface area contributed by atoms with Gasteiger partial charge >= 0.3 is 6.03 Å². The maximum absolute atomic E-state index is 13.1. The molecule has 5 rings (SSSR count). The predicted molar refractivity (Wildman–Crippen MR) is 116 cm³/mol. The van der Waals surface area contributed by atoms with Crippen LogP contribution in [0.4, 0.5) is 10.5 Å². The van der Waals surface area contributed by atoms with Gasteiger partial charge < -0.3 is 14.7 Å². The second kappa shape index (κ2) is 7.80. The summed E-state index contributed by atoms with van der Waals surface area (Å²) >= 11 is 6.06. The van der Waals surface area contributed by atoms with Crippen LogP contribution in [0.2, 0.25) is 5.02 Å². The second-order valence-electron chi connectivity index (χ2n) is 7.27. The predicted octanol–water partition coefficient (Wildman–Crippen LogP) is 5.91. The molecule has 1 saturated heterocycles. The number of likely N-dealkylation sites (tertiary alicyclic amines) is 1. The first-order valence-electron chi connectivity index (χ1n) is 9.84. The van der Waals surface area contributed by atoms with Crippen LogP contribution in [0.25, 0.3) is 22.2 Å². The number of hydrogen-bond acceptors (Lipinski definition) is 4. The van der Waals surface area contributed by atoms with Crippen LogP contribution in [0, 0.1) is 0 Å². The van der Waals surface area contributed by atoms with Gasteiger partial charge in [-0.3, -0.25) is 0 Å². The van der Waals surface area contributed by atoms with E-state index in [2.05, 4.69) is 15.5 Å². The van der Waals surface area contributed by atoms with Crippen LogP contribution in [0.15, 0.2) is 71.3 Å². The zero-order chi connectivity index (χ0) is 20.5. The number of nitrogens with zero attached hydrogens (tertiary/aromatic N) is 3. The van der Waals surface area contributed by atoms with Gasteiger partial charge in [0.1, 0.15) is 6.04 Å². The Bertz CT molecular complexity index is 1220. The minimum absolute atomic E-state index is 0.170. The van der Waals surface area contributed by atoms with Crippen LogP contribution in [0.5, 0.6) is 0 Å². The summed E-state index contributed by atoms with van der Waals surface area (Å²) in [7, 11) is 0. The number of urea groups is 1. The molecule has 6 nitrogen and oxygen atoms in total. The number of nitrogens with one attached hydrogen (secondary N) is 1. The first kappa shape index (κ1) is 18.6. The van der Waals surface area contributed by atoms with Crippen molar-refractivity contribution in [2.75, 3.05) is 11.9 Å². The molecular formula is C23H19ClN4O2. The van der Waals surface area contributed by atoms with Crippen molar-refractivity contribution in [1.29, 1.82) is 0 Å². The maximum Gasteiger partial charge on any atom is 0.322 e. The first-order valence-corrected chi connectivity index (χ1v) is 10.2. The standard InChI is InChI=1S/C23H19ClN4O2/c24-17-9-3-8-16(14-17)21-26-22(30-27-21)20-12-5-13-28(20)23(29)25-19-11-4-7-15-6-1-2-10-18(15)19/h1-4,6-11,14,20H,5,12-13H2,(H,25,29). The highest BCUT2D eigenvalue weighted by Crippen LogP contribution is 2.33. The van der Waals surface area contributed by atoms with E-state index in [9.17, 15) is 4.79 Å². The monoisotopic (exact) mass is 418 g/mol. The van der Waals surface area contributed by atoms with Gasteiger partial charge in [0.2, 0.25) is 11.7 Å². The van der Waals surface area contributed by atoms with E-state index >= 15 is 0 Å². The molecule has 0 aliphatic carbocycles. The largest absolute Gasteiger partial charge is 0.337 e. The van der Waals surface area contributed by atoms with Crippen LogP contribution in [0.3, 0.4) is 0 Å². The Kier molecular flexibility index (Phi) is 4.85. The molecule has 4 aromatic rings. The lowest BCUT2D eigenvalue weighted by Gasteiger charge is -2.22. The van der Waals surface area contributed by atoms with Crippen LogP contribution in [0.1, 0.15) is 24.8 Å². The maximum atomic E-state index is 13.1. The fourth-order valence-corrected chi connectivity index (χ4v) is 4.09. The number of halogens is 1. The van der Waals surface area contributed by atoms with Gasteiger partial charge in [0.25, 0.3) is 0 Å². The van der Waals surface area contributed by atoms with E-state index in [0.29, 0.717) is 23.3 Å². The molecule has 0 spiro atoms. The van der Waals surface area contributed by atoms with E-state index in [0.717, 1.165) is 34.9 Å². The van der Waals surface area contributed by atoms with Gasteiger partial charge in [0.15, 0.2) is 0 Å². The Morgan fingerprint density at radius 3 is 2.83 bits per heavy atom. The van der Waals surface area contributed by atoms with E-state index in [1.54, 1.807) is 17.0 Å². The molecule has 1 aromatic heterocycles. The van der Waals surface area contributed by atoms with E-state index in [1.165, 1.54) is 0 Å². The molecule has 30 heavy (non-hydrogen) atoms. The molecule has 3 aromatic carbocycles. The Morgan fingerprint density at radius 2 is 1.93 bits per heavy atom. The first-order chi connectivity index (χ1) is 14.7. The van der Waals surface area contributed by atoms with Crippen molar-refractivity contribution in [3.05, 3.63) is 77.6 Å². The topological polar surface area (TPSA) is 71.3 Å². The Hall–Kier alpha value is -3.38. The zero-order valence-corrected chi connectivity index (χ0v) is 16.8. The average molecular weight is 419 g/mol. The molecule has 2 heterocycles. The lowest BCUT2D eigenvalue weighted by Crippen LogP contribution is -2.34. The van der Waals surface area contributed by atoms with E-state index in [-0.39, 0.29) is 12.1 Å². The lowest BCUT2D eigenvalue weighted by atomic mass is 10.1. The zero-order valence-electron chi connectivity index (χ0n) is 16.1. The molecule has 1 N–H and O–H groups in total. The Labute approximate surface area is 178 Å². The number of hydrogen-bond donors (Lipinski definition) is 1. The van der Waals surface area contributed by atoms with Gasteiger partial charge in [-0.25, -0.2) is 4.79 Å². The minimum Gasteiger partial charge on any atom is -0.337 e. The van der Waals surface area contributed by atoms with Gasteiger partial charge in [-0.1, -0.05) is 65.3 Å². The van der Waals surface area contributed by atoms with Crippen molar-refractivity contribution >= 4 is 34.1 Å². The fourth-order valence-electron chi connectivity index (χ4n) is 3.90. The van der Waals surface area contributed by atoms with Crippen LogP contribution >= 0.6 is 11.6 Å². The molecule has 1 atom stereocenters. The Balaban J connectivity index is 1.38. The highest BCUT2D eigenvalue weighted by atomic mass is 35.5. The van der Waals surface area contributed by atoms with E-state index in [1.807, 2.05) is 54.6 Å². The van der Waals surface area contributed by atoms with Crippen molar-refractivity contribution < 1.29 is 9.32 Å². The lowest BCUT2D eigenvalue weighted by molar-refractivity contribution is 0.193. The molecule has 0 bridgehead atoms. The van der Waals surface area contributed by atoms with E-state index in [4.69, 9.17) is 16.1 Å². The van der Waals surface area contributed by atoms with Crippen molar-refractivity contribution in [2.45, 2.75) is 18.9 Å². The smallest absolute Gasteiger partial charge is 0.322 e. The molecule has 2 amide bonds. The van der Waals surface area contributed by atoms with Crippen LogP contribution < -0.4 is 5.32 Å². The number of carbonyl (C=O) groups excluding carboxylic acids is 1. The summed E-state index contributed by atoms with van der Waals surface area (Å²) in [5.41, 5.74) is 1.57. The van der Waals surface area contributed by atoms with Gasteiger partial charge in [-0.05, 0) is 36.4 Å². The summed E-state index contributed by atoms with van der Waals surface area (Å²) in [5, 5.41) is 9.83. The summed E-state index contributed by atoms with van der Waals surface area (Å²) in [5.74, 6) is 0.907. The number of amides is 2. The van der Waals surface area contributed by atoms with E-state index < -0.39 is 0 Å². The highest BCUT2D eigenvalue weighted by molar-refractivity contribution is 6.30. The molecule has 0 saturated carbocycles. The third-order valence-electron chi connectivity index (χ3n) is 5.35. The summed E-state index contributed by atoms with van der Waals surface area (Å²) in [4.78, 5) is 19.4. The van der Waals surface area contributed by atoms with Gasteiger partial charge in [0.05, 0.1) is 5.69 Å². The summed E-state index contributed by atoms with van der Waals surface area (Å²) in [6.45, 7) is 0.635. The number of rotatable bonds is 3. The van der Waals surface area contributed by atoms with Crippen molar-refractivity contribution in [1.82, 2.24) is 15.0 Å². The number of benzene rings is 3.